The normalized spacial score (nSPS) is 28.1. The number of anilines is 1. The molecule has 6 heteroatoms. The predicted octanol–water partition coefficient (Wildman–Crippen LogP) is 1.46. The fourth-order valence-corrected chi connectivity index (χ4v) is 3.06. The zero-order chi connectivity index (χ0) is 13.9. The van der Waals surface area contributed by atoms with E-state index in [0.29, 0.717) is 23.3 Å². The molecule has 0 radical (unpaired) electrons. The van der Waals surface area contributed by atoms with Crippen molar-refractivity contribution in [3.05, 3.63) is 29.3 Å². The summed E-state index contributed by atoms with van der Waals surface area (Å²) in [6.45, 7) is 6.28. The number of halogens is 1. The molecule has 3 fully saturated rings. The minimum absolute atomic E-state index is 0.176. The second-order valence-corrected chi connectivity index (χ2v) is 5.77. The second-order valence-electron chi connectivity index (χ2n) is 5.34. The lowest BCUT2D eigenvalue weighted by atomic mass is 10.1. The van der Waals surface area contributed by atoms with Crippen molar-refractivity contribution in [2.45, 2.75) is 6.04 Å². The Kier molecular flexibility index (Phi) is 4.10. The summed E-state index contributed by atoms with van der Waals surface area (Å²) in [4.78, 5) is 16.8. The quantitative estimate of drug-likeness (QED) is 0.887. The highest BCUT2D eigenvalue weighted by molar-refractivity contribution is 6.30. The summed E-state index contributed by atoms with van der Waals surface area (Å²) in [6, 6.07) is 7.41. The summed E-state index contributed by atoms with van der Waals surface area (Å²) in [5, 5.41) is 6.36. The van der Waals surface area contributed by atoms with Crippen LogP contribution in [0.3, 0.4) is 0 Å². The number of carbonyl (C=O) groups is 1. The number of rotatable bonds is 3. The Morgan fingerprint density at radius 3 is 2.75 bits per heavy atom. The van der Waals surface area contributed by atoms with Gasteiger partial charge in [0.1, 0.15) is 0 Å². The maximum atomic E-state index is 11.9. The van der Waals surface area contributed by atoms with E-state index in [2.05, 4.69) is 20.4 Å². The van der Waals surface area contributed by atoms with Crippen LogP contribution < -0.4 is 10.6 Å². The molecule has 20 heavy (non-hydrogen) atoms. The molecule has 4 rings (SSSR count). The standard InChI is InChI=1S/C14H19ClN4O/c15-11-2-1-3-12(8-11)17-14(20)16-9-13-10-18-4-6-19(13)7-5-18/h1-3,8,13H,4-7,9-10H2,(H2,16,17,20). The number of amides is 2. The van der Waals surface area contributed by atoms with Crippen LogP contribution in [0.2, 0.25) is 5.02 Å². The molecule has 3 saturated heterocycles. The SMILES string of the molecule is O=C(NCC1CN2CCN1CC2)Nc1cccc(Cl)c1. The molecule has 0 aliphatic carbocycles. The van der Waals surface area contributed by atoms with Crippen molar-refractivity contribution in [1.82, 2.24) is 15.1 Å². The fourth-order valence-electron chi connectivity index (χ4n) is 2.87. The molecule has 1 aromatic carbocycles. The summed E-state index contributed by atoms with van der Waals surface area (Å²) in [5.74, 6) is 0. The van der Waals surface area contributed by atoms with E-state index in [0.717, 1.165) is 32.7 Å². The van der Waals surface area contributed by atoms with Crippen LogP contribution >= 0.6 is 11.6 Å². The third-order valence-corrected chi connectivity index (χ3v) is 4.21. The number of fused-ring (bicyclic) bond motifs is 3. The van der Waals surface area contributed by atoms with Gasteiger partial charge in [-0.3, -0.25) is 9.80 Å². The van der Waals surface area contributed by atoms with Gasteiger partial charge in [-0.1, -0.05) is 17.7 Å². The van der Waals surface area contributed by atoms with Gasteiger partial charge in [0.05, 0.1) is 0 Å². The van der Waals surface area contributed by atoms with Crippen LogP contribution in [0.5, 0.6) is 0 Å². The van der Waals surface area contributed by atoms with Crippen LogP contribution in [0.25, 0.3) is 0 Å². The van der Waals surface area contributed by atoms with Crippen molar-refractivity contribution in [2.24, 2.45) is 0 Å². The molecule has 5 nitrogen and oxygen atoms in total. The molecule has 0 saturated carbocycles. The van der Waals surface area contributed by atoms with E-state index in [1.807, 2.05) is 12.1 Å². The molecule has 108 valence electrons. The maximum absolute atomic E-state index is 11.9. The molecule has 1 atom stereocenters. The van der Waals surface area contributed by atoms with Gasteiger partial charge in [0.15, 0.2) is 0 Å². The van der Waals surface area contributed by atoms with Gasteiger partial charge < -0.3 is 10.6 Å². The van der Waals surface area contributed by atoms with Gasteiger partial charge >= 0.3 is 6.03 Å². The number of urea groups is 1. The zero-order valence-electron chi connectivity index (χ0n) is 11.3. The number of nitrogens with zero attached hydrogens (tertiary/aromatic N) is 2. The molecule has 1 aromatic rings. The second kappa shape index (κ2) is 5.99. The topological polar surface area (TPSA) is 47.6 Å². The fraction of sp³-hybridized carbons (Fsp3) is 0.500. The first-order valence-electron chi connectivity index (χ1n) is 6.97. The number of carbonyl (C=O) groups excluding carboxylic acids is 1. The van der Waals surface area contributed by atoms with Gasteiger partial charge in [-0.15, -0.1) is 0 Å². The average Bonchev–Trinajstić information content (AvgIpc) is 2.46. The minimum atomic E-state index is -0.176. The number of nitrogens with one attached hydrogen (secondary N) is 2. The highest BCUT2D eigenvalue weighted by Gasteiger charge is 2.31. The average molecular weight is 295 g/mol. The number of piperazine rings is 3. The number of hydrogen-bond donors (Lipinski definition) is 2. The largest absolute Gasteiger partial charge is 0.336 e. The minimum Gasteiger partial charge on any atom is -0.336 e. The van der Waals surface area contributed by atoms with Crippen LogP contribution in [-0.2, 0) is 0 Å². The maximum Gasteiger partial charge on any atom is 0.319 e. The molecule has 1 unspecified atom stereocenters. The Balaban J connectivity index is 1.47. The summed E-state index contributed by atoms with van der Waals surface area (Å²) >= 11 is 5.89. The third-order valence-electron chi connectivity index (χ3n) is 3.97. The summed E-state index contributed by atoms with van der Waals surface area (Å²) < 4.78 is 0. The van der Waals surface area contributed by atoms with E-state index in [9.17, 15) is 4.79 Å². The highest BCUT2D eigenvalue weighted by Crippen LogP contribution is 2.16. The Morgan fingerprint density at radius 2 is 2.10 bits per heavy atom. The van der Waals surface area contributed by atoms with Crippen molar-refractivity contribution >= 4 is 23.3 Å². The van der Waals surface area contributed by atoms with Crippen LogP contribution in [0.4, 0.5) is 10.5 Å². The monoisotopic (exact) mass is 294 g/mol. The van der Waals surface area contributed by atoms with E-state index in [-0.39, 0.29) is 6.03 Å². The molecular formula is C14H19ClN4O. The number of hydrogen-bond acceptors (Lipinski definition) is 3. The molecule has 2 bridgehead atoms. The van der Waals surface area contributed by atoms with Gasteiger partial charge in [-0.2, -0.15) is 0 Å². The van der Waals surface area contributed by atoms with Gasteiger partial charge in [-0.25, -0.2) is 4.79 Å². The molecule has 0 spiro atoms. The van der Waals surface area contributed by atoms with E-state index in [4.69, 9.17) is 11.6 Å². The van der Waals surface area contributed by atoms with Gasteiger partial charge in [0, 0.05) is 56.0 Å². The molecule has 2 amide bonds. The Morgan fingerprint density at radius 1 is 1.30 bits per heavy atom. The summed E-state index contributed by atoms with van der Waals surface area (Å²) in [6.07, 6.45) is 0. The van der Waals surface area contributed by atoms with Crippen molar-refractivity contribution in [2.75, 3.05) is 44.6 Å². The molecule has 3 aliphatic heterocycles. The molecule has 0 aromatic heterocycles. The first kappa shape index (κ1) is 13.7. The van der Waals surface area contributed by atoms with Crippen molar-refractivity contribution in [1.29, 1.82) is 0 Å². The van der Waals surface area contributed by atoms with Gasteiger partial charge in [0.2, 0.25) is 0 Å². The first-order valence-corrected chi connectivity index (χ1v) is 7.35. The molecule has 3 heterocycles. The van der Waals surface area contributed by atoms with Crippen molar-refractivity contribution in [3.63, 3.8) is 0 Å². The Hall–Kier alpha value is -1.30. The van der Waals surface area contributed by atoms with Gasteiger partial charge in [-0.05, 0) is 18.2 Å². The number of benzene rings is 1. The van der Waals surface area contributed by atoms with Gasteiger partial charge in [0.25, 0.3) is 0 Å². The van der Waals surface area contributed by atoms with Crippen LogP contribution in [0.15, 0.2) is 24.3 Å². The lowest BCUT2D eigenvalue weighted by Crippen LogP contribution is -2.63. The smallest absolute Gasteiger partial charge is 0.319 e. The summed E-state index contributed by atoms with van der Waals surface area (Å²) in [7, 11) is 0. The van der Waals surface area contributed by atoms with Crippen LogP contribution in [0, 0.1) is 0 Å². The highest BCUT2D eigenvalue weighted by atomic mass is 35.5. The first-order chi connectivity index (χ1) is 9.70. The third kappa shape index (κ3) is 3.23. The van der Waals surface area contributed by atoms with Crippen LogP contribution in [-0.4, -0.2) is 61.1 Å². The Labute approximate surface area is 123 Å². The van der Waals surface area contributed by atoms with Crippen molar-refractivity contribution < 1.29 is 4.79 Å². The van der Waals surface area contributed by atoms with E-state index < -0.39 is 0 Å². The van der Waals surface area contributed by atoms with Crippen LogP contribution in [0.1, 0.15) is 0 Å². The van der Waals surface area contributed by atoms with E-state index in [1.165, 1.54) is 0 Å². The lowest BCUT2D eigenvalue weighted by molar-refractivity contribution is 0.0149. The molecular weight excluding hydrogens is 276 g/mol. The lowest BCUT2D eigenvalue weighted by Gasteiger charge is -2.47. The predicted molar refractivity (Wildman–Crippen MR) is 80.3 cm³/mol. The van der Waals surface area contributed by atoms with Crippen molar-refractivity contribution in [3.8, 4) is 0 Å². The Bertz CT molecular complexity index is 488. The zero-order valence-corrected chi connectivity index (χ0v) is 12.1. The summed E-state index contributed by atoms with van der Waals surface area (Å²) in [5.41, 5.74) is 0.712. The molecule has 3 aliphatic rings. The molecule has 2 N–H and O–H groups in total. The van der Waals surface area contributed by atoms with E-state index >= 15 is 0 Å². The van der Waals surface area contributed by atoms with E-state index in [1.54, 1.807) is 12.1 Å².